The van der Waals surface area contributed by atoms with Crippen LogP contribution in [0.1, 0.15) is 117 Å². The second-order valence-electron chi connectivity index (χ2n) is 14.1. The summed E-state index contributed by atoms with van der Waals surface area (Å²) in [5.74, 6) is -5.14. The van der Waals surface area contributed by atoms with Crippen molar-refractivity contribution < 1.29 is 200 Å². The third-order valence-electron chi connectivity index (χ3n) is 8.24. The van der Waals surface area contributed by atoms with Crippen molar-refractivity contribution in [2.24, 2.45) is 5.73 Å². The number of aliphatic hydroxyl groups excluding tert-OH is 1. The summed E-state index contributed by atoms with van der Waals surface area (Å²) in [7, 11) is 2.41. The first kappa shape index (κ1) is 94.0. The number of nitrogens with zero attached hydrogens (tertiary/aromatic N) is 1. The first-order valence-corrected chi connectivity index (χ1v) is 22.8. The molecule has 0 spiro atoms. The molecule has 3 aromatic rings. The predicted molar refractivity (Wildman–Crippen MR) is 282 cm³/mol. The molecule has 0 fully saturated rings. The molecular formula is C52H78BN3O19W2Y2. The average molecular weight is 1610 g/mol. The van der Waals surface area contributed by atoms with Crippen LogP contribution < -0.4 is 15.8 Å². The number of aromatic hydroxyl groups is 3. The van der Waals surface area contributed by atoms with Gasteiger partial charge >= 0.3 is 35.8 Å². The van der Waals surface area contributed by atoms with Gasteiger partial charge in [0, 0.05) is 133 Å². The number of esters is 4. The predicted octanol–water partition coefficient (Wildman–Crippen LogP) is 6.61. The third kappa shape index (κ3) is 50.4. The van der Waals surface area contributed by atoms with E-state index in [4.69, 9.17) is 40.8 Å². The largest absolute Gasteiger partial charge is 0.507 e. The molecule has 0 bridgehead atoms. The number of aliphatic carboxylic acids is 1. The zero-order chi connectivity index (χ0) is 56.1. The molecule has 10 N–H and O–H groups in total. The van der Waals surface area contributed by atoms with Crippen molar-refractivity contribution >= 4 is 48.6 Å². The number of aliphatic hydroxyl groups is 1. The van der Waals surface area contributed by atoms with E-state index >= 15 is 0 Å². The summed E-state index contributed by atoms with van der Waals surface area (Å²) < 4.78 is 23.2. The van der Waals surface area contributed by atoms with E-state index in [1.165, 1.54) is 75.1 Å². The number of hydrogen-bond donors (Lipinski definition) is 9. The van der Waals surface area contributed by atoms with Crippen LogP contribution >= 0.6 is 0 Å². The molecule has 0 saturated carbocycles. The smallest absolute Gasteiger partial charge is 0.341 e. The number of rotatable bonds is 22. The van der Waals surface area contributed by atoms with Gasteiger partial charge in [0.05, 0.1) is 40.0 Å². The molecule has 0 aliphatic rings. The van der Waals surface area contributed by atoms with Crippen LogP contribution in [0.15, 0.2) is 78.9 Å². The summed E-state index contributed by atoms with van der Waals surface area (Å²) in [6, 6.07) is 12.0. The summed E-state index contributed by atoms with van der Waals surface area (Å²) >= 11 is 0. The number of nitrogens with two attached hydrogens (primary N) is 1. The SMILES string of the molecule is C.C.CB(O)CCCO.CC.CC/C=C\CC(=O)NCCOC(=O)Cc1ccc(O)c(C(=O)O)c1.CC/C=C\CC(=O)O.COC(=O)c1cc(CC(=O)OCCN)ccc1O.COC(=O)c1cc(OC#N)ccc1O.[W].[W].[Y].[Y]. The number of carboxylic acids is 2. The Labute approximate surface area is 544 Å². The number of carbonyl (C=O) groups excluding carboxylic acids is 5. The number of amides is 1. The number of aromatic carboxylic acids is 1. The number of allylic oxidation sites excluding steroid dienone is 2. The molecule has 22 nitrogen and oxygen atoms in total. The Morgan fingerprint density at radius 3 is 1.52 bits per heavy atom. The van der Waals surface area contributed by atoms with Gasteiger partial charge in [-0.1, -0.05) is 85.8 Å². The summed E-state index contributed by atoms with van der Waals surface area (Å²) in [6.07, 6.45) is 12.1. The fraction of sp³-hybridized carbons (Fsp3) is 0.423. The quantitative estimate of drug-likeness (QED) is 0.0128. The maximum Gasteiger partial charge on any atom is 0.341 e. The van der Waals surface area contributed by atoms with E-state index in [9.17, 15) is 48.9 Å². The van der Waals surface area contributed by atoms with E-state index in [1.54, 1.807) is 19.0 Å². The van der Waals surface area contributed by atoms with Crippen LogP contribution in [-0.4, -0.2) is 131 Å². The van der Waals surface area contributed by atoms with Crippen LogP contribution in [-0.2, 0) is 159 Å². The Balaban J connectivity index is -0.000000114. The molecule has 0 unspecified atom stereocenters. The molecule has 27 heteroatoms. The molecule has 2 radical (unpaired) electrons. The van der Waals surface area contributed by atoms with Crippen molar-refractivity contribution in [2.75, 3.05) is 47.1 Å². The van der Waals surface area contributed by atoms with Crippen molar-refractivity contribution in [1.29, 1.82) is 5.26 Å². The monoisotopic (exact) mass is 1610 g/mol. The Kier molecular flexibility index (Phi) is 72.9. The number of benzene rings is 3. The second-order valence-corrected chi connectivity index (χ2v) is 14.1. The minimum atomic E-state index is -1.28. The van der Waals surface area contributed by atoms with Gasteiger partial charge in [0.2, 0.25) is 5.91 Å². The maximum absolute atomic E-state index is 11.7. The minimum absolute atomic E-state index is 0. The number of nitriles is 1. The normalized spacial score (nSPS) is 8.92. The molecular weight excluding hydrogens is 1530 g/mol. The Morgan fingerprint density at radius 1 is 0.696 bits per heavy atom. The van der Waals surface area contributed by atoms with Gasteiger partial charge in [-0.2, -0.15) is 0 Å². The second kappa shape index (κ2) is 61.3. The third-order valence-corrected chi connectivity index (χ3v) is 8.24. The Morgan fingerprint density at radius 2 is 1.13 bits per heavy atom. The molecule has 3 rings (SSSR count). The van der Waals surface area contributed by atoms with Crippen molar-refractivity contribution in [3.05, 3.63) is 107 Å². The number of nitrogens with one attached hydrogen (secondary N) is 1. The van der Waals surface area contributed by atoms with Gasteiger partial charge in [-0.25, -0.2) is 14.4 Å². The van der Waals surface area contributed by atoms with E-state index in [0.29, 0.717) is 23.9 Å². The van der Waals surface area contributed by atoms with Crippen molar-refractivity contribution in [3.8, 4) is 29.3 Å². The molecule has 0 aliphatic heterocycles. The van der Waals surface area contributed by atoms with Crippen LogP contribution in [0, 0.1) is 11.5 Å². The topological polar surface area (TPSA) is 369 Å². The number of phenolic OH excluding ortho intramolecular Hbond substituents is 2. The van der Waals surface area contributed by atoms with E-state index in [1.807, 2.05) is 39.8 Å². The molecule has 436 valence electrons. The summed E-state index contributed by atoms with van der Waals surface area (Å²) in [4.78, 5) is 77.6. The number of phenols is 3. The molecule has 0 heterocycles. The molecule has 0 saturated heterocycles. The summed E-state index contributed by atoms with van der Waals surface area (Å²) in [5, 5.41) is 72.8. The molecule has 1 amide bonds. The zero-order valence-electron chi connectivity index (χ0n) is 44.3. The summed E-state index contributed by atoms with van der Waals surface area (Å²) in [6.45, 7) is 10.2. The number of methoxy groups -OCH3 is 2. The van der Waals surface area contributed by atoms with Crippen LogP contribution in [0.5, 0.6) is 23.0 Å². The van der Waals surface area contributed by atoms with E-state index < -0.39 is 35.8 Å². The molecule has 79 heavy (non-hydrogen) atoms. The minimum Gasteiger partial charge on any atom is -0.507 e. The Bertz CT molecular complexity index is 2250. The number of hydrogen-bond acceptors (Lipinski definition) is 19. The number of carboxylic acid groups (broad SMARTS) is 2. The number of carbonyl (C=O) groups is 7. The standard InChI is InChI=1S/C17H21NO6.C12H15NO5.C9H7NO4.C6H10O2.C4H11BO2.C2H6.2CH4.2W.2Y/c1-2-3-4-5-15(20)18-8-9-24-16(21)11-12-6-7-14(19)13(10-12)17(22)23;1-17-12(16)9-6-8(2-3-10(9)14)7-11(15)18-5-4-13;1-13-9(12)7-4-6(14-5-10)2-3-8(7)11;1-2-3-4-5-6(7)8;1-5(7)3-2-4-6;1-2;;;;;;/h3-4,6-7,10,19H,2,5,8-9,11H2,1H3,(H,18,20)(H,22,23);2-3,6,14H,4-5,7,13H2,1H3;2-4,11H,1H3;3-4H,2,5H2,1H3,(H,7,8);6-7H,2-4H2,1H3;1-2H3;2*1H4;;;;/b4-3-;;;4-3-;;;;;;;;. The summed E-state index contributed by atoms with van der Waals surface area (Å²) in [5.41, 5.74) is 5.88. The first-order chi connectivity index (χ1) is 34.7. The molecule has 3 aromatic carbocycles. The molecule has 0 aliphatic carbocycles. The van der Waals surface area contributed by atoms with Gasteiger partial charge in [0.1, 0.15) is 52.9 Å². The molecule has 0 atom stereocenters. The number of ether oxygens (including phenoxy) is 5. The van der Waals surface area contributed by atoms with Gasteiger partial charge in [-0.3, -0.25) is 19.2 Å². The van der Waals surface area contributed by atoms with Gasteiger partial charge in [-0.05, 0) is 73.1 Å². The van der Waals surface area contributed by atoms with Crippen LogP contribution in [0.25, 0.3) is 0 Å². The van der Waals surface area contributed by atoms with Crippen molar-refractivity contribution in [3.63, 3.8) is 0 Å². The van der Waals surface area contributed by atoms with Crippen molar-refractivity contribution in [1.82, 2.24) is 5.32 Å². The van der Waals surface area contributed by atoms with Gasteiger partial charge in [-0.15, -0.1) is 5.26 Å². The van der Waals surface area contributed by atoms with E-state index in [-0.39, 0.29) is 234 Å². The molecule has 0 aromatic heterocycles. The van der Waals surface area contributed by atoms with Crippen molar-refractivity contribution in [2.45, 2.75) is 101 Å². The zero-order valence-corrected chi connectivity index (χ0v) is 55.8. The van der Waals surface area contributed by atoms with Crippen LogP contribution in [0.4, 0.5) is 0 Å². The fourth-order valence-corrected chi connectivity index (χ4v) is 4.87. The fourth-order valence-electron chi connectivity index (χ4n) is 4.87. The van der Waals surface area contributed by atoms with Gasteiger partial charge < -0.3 is 70.4 Å². The van der Waals surface area contributed by atoms with E-state index in [2.05, 4.69) is 19.5 Å². The maximum atomic E-state index is 11.7. The Hall–Kier alpha value is -4.35. The van der Waals surface area contributed by atoms with E-state index in [0.717, 1.165) is 12.8 Å². The van der Waals surface area contributed by atoms with Crippen LogP contribution in [0.2, 0.25) is 13.1 Å². The average Bonchev–Trinajstić information content (AvgIpc) is 3.36. The van der Waals surface area contributed by atoms with Gasteiger partial charge in [0.25, 0.3) is 13.2 Å². The van der Waals surface area contributed by atoms with Gasteiger partial charge in [0.15, 0.2) is 0 Å². The van der Waals surface area contributed by atoms with Crippen LogP contribution in [0.3, 0.4) is 0 Å². The first-order valence-electron chi connectivity index (χ1n) is 22.8.